The molecule has 1 aliphatic carbocycles. The van der Waals surface area contributed by atoms with Crippen LogP contribution in [0, 0.1) is 0 Å². The van der Waals surface area contributed by atoms with Crippen molar-refractivity contribution < 1.29 is 8.42 Å². The lowest BCUT2D eigenvalue weighted by molar-refractivity contribution is 0.413. The lowest BCUT2D eigenvalue weighted by Gasteiger charge is -2.08. The van der Waals surface area contributed by atoms with Gasteiger partial charge in [0.2, 0.25) is 10.0 Å². The molecule has 0 spiro atoms. The molecule has 0 bridgehead atoms. The molecule has 0 atom stereocenters. The molecule has 6 heteroatoms. The van der Waals surface area contributed by atoms with Gasteiger partial charge in [0.05, 0.1) is 5.75 Å². The van der Waals surface area contributed by atoms with Crippen molar-refractivity contribution in [1.82, 2.24) is 14.6 Å². The maximum Gasteiger partial charge on any atom is 0.215 e. The van der Waals surface area contributed by atoms with Gasteiger partial charge in [-0.3, -0.25) is 0 Å². The standard InChI is InChI=1S/C15H23N3O2S/c1-16-21(19,20)11-12-5-4-6-15-14(9-12)13(10-17-15)7-8-18(2)3/h5-6,9-10,16-17H,4,7-8,11H2,1-3H3. The number of nitrogens with zero attached hydrogens (tertiary/aromatic N) is 1. The highest BCUT2D eigenvalue weighted by Gasteiger charge is 2.11. The van der Waals surface area contributed by atoms with Crippen LogP contribution in [0.15, 0.2) is 17.8 Å². The third-order valence-corrected chi connectivity index (χ3v) is 4.90. The van der Waals surface area contributed by atoms with E-state index in [4.69, 9.17) is 0 Å². The van der Waals surface area contributed by atoms with Gasteiger partial charge < -0.3 is 9.88 Å². The van der Waals surface area contributed by atoms with Crippen LogP contribution >= 0.6 is 0 Å². The van der Waals surface area contributed by atoms with Gasteiger partial charge in [-0.1, -0.05) is 12.2 Å². The zero-order valence-electron chi connectivity index (χ0n) is 12.8. The van der Waals surface area contributed by atoms with Crippen LogP contribution in [0.3, 0.4) is 0 Å². The molecular weight excluding hydrogens is 286 g/mol. The summed E-state index contributed by atoms with van der Waals surface area (Å²) in [4.78, 5) is 5.42. The van der Waals surface area contributed by atoms with Crippen molar-refractivity contribution >= 4 is 22.2 Å². The van der Waals surface area contributed by atoms with Crippen LogP contribution in [0.5, 0.6) is 0 Å². The fourth-order valence-corrected chi connectivity index (χ4v) is 3.13. The molecule has 0 amide bonds. The average Bonchev–Trinajstić information content (AvgIpc) is 2.67. The van der Waals surface area contributed by atoms with Crippen molar-refractivity contribution in [3.63, 3.8) is 0 Å². The minimum absolute atomic E-state index is 0.0229. The molecule has 1 heterocycles. The Morgan fingerprint density at radius 2 is 2.10 bits per heavy atom. The summed E-state index contributed by atoms with van der Waals surface area (Å²) in [5, 5.41) is 2.20. The summed E-state index contributed by atoms with van der Waals surface area (Å²) < 4.78 is 25.8. The van der Waals surface area contributed by atoms with E-state index in [0.29, 0.717) is 0 Å². The van der Waals surface area contributed by atoms with Gasteiger partial charge in [0, 0.05) is 23.3 Å². The van der Waals surface area contributed by atoms with Crippen molar-refractivity contribution in [1.29, 1.82) is 0 Å². The first-order valence-electron chi connectivity index (χ1n) is 7.04. The first-order chi connectivity index (χ1) is 9.91. The Morgan fingerprint density at radius 3 is 2.76 bits per heavy atom. The van der Waals surface area contributed by atoms with Crippen LogP contribution in [-0.4, -0.2) is 51.7 Å². The molecule has 1 aromatic heterocycles. The van der Waals surface area contributed by atoms with Gasteiger partial charge in [-0.25, -0.2) is 13.1 Å². The van der Waals surface area contributed by atoms with Crippen LogP contribution in [-0.2, 0) is 16.4 Å². The van der Waals surface area contributed by atoms with E-state index in [1.54, 1.807) is 0 Å². The Morgan fingerprint density at radius 1 is 1.33 bits per heavy atom. The highest BCUT2D eigenvalue weighted by molar-refractivity contribution is 7.89. The Bertz CT molecular complexity index is 742. The van der Waals surface area contributed by atoms with Crippen LogP contribution in [0.2, 0.25) is 0 Å². The predicted molar refractivity (Wildman–Crippen MR) is 86.8 cm³/mol. The van der Waals surface area contributed by atoms with Gasteiger partial charge in [-0.05, 0) is 51.2 Å². The second kappa shape index (κ2) is 6.60. The van der Waals surface area contributed by atoms with E-state index in [0.717, 1.165) is 35.5 Å². The largest absolute Gasteiger partial charge is 0.361 e. The number of hydrogen-bond donors (Lipinski definition) is 2. The van der Waals surface area contributed by atoms with E-state index < -0.39 is 10.0 Å². The summed E-state index contributed by atoms with van der Waals surface area (Å²) in [6.45, 7) is 0.964. The Labute approximate surface area is 126 Å². The SMILES string of the molecule is CNS(=O)(=O)CC1=CCC=c2[nH]cc(CCN(C)C)c2=C1. The van der Waals surface area contributed by atoms with Crippen molar-refractivity contribution in [3.8, 4) is 0 Å². The molecule has 0 aliphatic heterocycles. The van der Waals surface area contributed by atoms with Gasteiger partial charge in [0.15, 0.2) is 0 Å². The third kappa shape index (κ3) is 4.30. The van der Waals surface area contributed by atoms with Crippen LogP contribution in [0.1, 0.15) is 12.0 Å². The molecule has 0 fully saturated rings. The van der Waals surface area contributed by atoms with Gasteiger partial charge in [-0.15, -0.1) is 0 Å². The summed E-state index contributed by atoms with van der Waals surface area (Å²) in [6, 6.07) is 0. The smallest absolute Gasteiger partial charge is 0.215 e. The zero-order valence-corrected chi connectivity index (χ0v) is 13.6. The number of rotatable bonds is 6. The highest BCUT2D eigenvalue weighted by atomic mass is 32.2. The molecule has 0 aromatic carbocycles. The molecule has 0 radical (unpaired) electrons. The average molecular weight is 309 g/mol. The van der Waals surface area contributed by atoms with E-state index in [-0.39, 0.29) is 5.75 Å². The maximum atomic E-state index is 11.7. The summed E-state index contributed by atoms with van der Waals surface area (Å²) in [5.41, 5.74) is 2.06. The van der Waals surface area contributed by atoms with Crippen LogP contribution in [0.25, 0.3) is 12.2 Å². The second-order valence-electron chi connectivity index (χ2n) is 5.52. The summed E-state index contributed by atoms with van der Waals surface area (Å²) in [5.74, 6) is 0.0229. The summed E-state index contributed by atoms with van der Waals surface area (Å²) >= 11 is 0. The van der Waals surface area contributed by atoms with Crippen LogP contribution < -0.4 is 15.3 Å². The monoisotopic (exact) mass is 309 g/mol. The molecule has 5 nitrogen and oxygen atoms in total. The van der Waals surface area contributed by atoms with E-state index in [1.165, 1.54) is 12.6 Å². The summed E-state index contributed by atoms with van der Waals surface area (Å²) in [6.07, 6.45) is 9.77. The molecule has 21 heavy (non-hydrogen) atoms. The van der Waals surface area contributed by atoms with Crippen LogP contribution in [0.4, 0.5) is 0 Å². The van der Waals surface area contributed by atoms with Crippen molar-refractivity contribution in [2.24, 2.45) is 0 Å². The number of aromatic amines is 1. The molecule has 1 aliphatic rings. The Balaban J connectivity index is 2.33. The first-order valence-corrected chi connectivity index (χ1v) is 8.69. The van der Waals surface area contributed by atoms with Crippen molar-refractivity contribution in [2.45, 2.75) is 12.8 Å². The number of likely N-dealkylation sites (N-methyl/N-ethyl adjacent to an activating group) is 1. The number of allylic oxidation sites excluding steroid dienone is 1. The zero-order chi connectivity index (χ0) is 15.5. The lowest BCUT2D eigenvalue weighted by Crippen LogP contribution is -2.28. The molecule has 116 valence electrons. The second-order valence-corrected chi connectivity index (χ2v) is 7.45. The maximum absolute atomic E-state index is 11.7. The van der Waals surface area contributed by atoms with E-state index >= 15 is 0 Å². The van der Waals surface area contributed by atoms with E-state index in [1.807, 2.05) is 32.4 Å². The minimum atomic E-state index is -3.24. The number of fused-ring (bicyclic) bond motifs is 1. The summed E-state index contributed by atoms with van der Waals surface area (Å²) in [7, 11) is 2.30. The molecule has 2 N–H and O–H groups in total. The molecule has 2 rings (SSSR count). The van der Waals surface area contributed by atoms with Gasteiger partial charge in [0.1, 0.15) is 0 Å². The van der Waals surface area contributed by atoms with Gasteiger partial charge >= 0.3 is 0 Å². The Hall–Kier alpha value is -1.37. The van der Waals surface area contributed by atoms with Crippen molar-refractivity contribution in [2.75, 3.05) is 33.4 Å². The topological polar surface area (TPSA) is 65.2 Å². The van der Waals surface area contributed by atoms with Gasteiger partial charge in [-0.2, -0.15) is 0 Å². The number of nitrogens with one attached hydrogen (secondary N) is 2. The van der Waals surface area contributed by atoms with E-state index in [2.05, 4.69) is 20.7 Å². The molecular formula is C15H23N3O2S. The number of H-pyrrole nitrogens is 1. The molecule has 0 saturated carbocycles. The van der Waals surface area contributed by atoms with E-state index in [9.17, 15) is 8.42 Å². The highest BCUT2D eigenvalue weighted by Crippen LogP contribution is 2.06. The lowest BCUT2D eigenvalue weighted by atomic mass is 10.1. The number of hydrogen-bond acceptors (Lipinski definition) is 3. The third-order valence-electron chi connectivity index (χ3n) is 3.57. The van der Waals surface area contributed by atoms with Gasteiger partial charge in [0.25, 0.3) is 0 Å². The quantitative estimate of drug-likeness (QED) is 0.749. The number of aromatic nitrogens is 1. The fraction of sp³-hybridized carbons (Fsp3) is 0.467. The predicted octanol–water partition coefficient (Wildman–Crippen LogP) is -0.441. The normalized spacial score (nSPS) is 15.0. The fourth-order valence-electron chi connectivity index (χ4n) is 2.35. The number of sulfonamides is 1. The molecule has 1 aromatic rings. The van der Waals surface area contributed by atoms with Crippen molar-refractivity contribution in [3.05, 3.63) is 34.0 Å². The minimum Gasteiger partial charge on any atom is -0.361 e. The Kier molecular flexibility index (Phi) is 5.03. The first kappa shape index (κ1) is 16.0. The molecule has 0 saturated heterocycles. The molecule has 0 unspecified atom stereocenters.